The average molecular weight is 225 g/mol. The smallest absolute Gasteiger partial charge is 0.148 e. The molecule has 0 saturated heterocycles. The molecule has 0 aliphatic rings. The Bertz CT molecular complexity index is 429. The van der Waals surface area contributed by atoms with Gasteiger partial charge in [-0.2, -0.15) is 0 Å². The number of halogens is 1. The Kier molecular flexibility index (Phi) is 1.72. The van der Waals surface area contributed by atoms with Crippen LogP contribution in [0.4, 0.5) is 0 Å². The normalized spacial score (nSPS) is 10.9. The lowest BCUT2D eigenvalue weighted by molar-refractivity contribution is 0.577. The number of rotatable bonds is 0. The Morgan fingerprint density at radius 3 is 2.67 bits per heavy atom. The van der Waals surface area contributed by atoms with Crippen molar-refractivity contribution in [3.63, 3.8) is 0 Å². The van der Waals surface area contributed by atoms with Crippen LogP contribution < -0.4 is 0 Å². The summed E-state index contributed by atoms with van der Waals surface area (Å²) in [6, 6.07) is 6.23. The van der Waals surface area contributed by atoms with E-state index in [1.54, 1.807) is 0 Å². The van der Waals surface area contributed by atoms with Gasteiger partial charge in [-0.25, -0.2) is 0 Å². The number of fused-ring (bicyclic) bond motifs is 1. The molecule has 2 aromatic rings. The second-order valence-corrected chi connectivity index (χ2v) is 3.88. The molecule has 62 valence electrons. The van der Waals surface area contributed by atoms with E-state index < -0.39 is 0 Å². The van der Waals surface area contributed by atoms with Crippen molar-refractivity contribution in [3.8, 4) is 0 Å². The number of hydrogen-bond donors (Lipinski definition) is 0. The maximum absolute atomic E-state index is 5.51. The number of aryl methyl sites for hydroxylation is 2. The lowest BCUT2D eigenvalue weighted by Crippen LogP contribution is -1.72. The molecule has 2 rings (SSSR count). The molecule has 0 N–H and O–H groups in total. The van der Waals surface area contributed by atoms with Crippen LogP contribution in [-0.4, -0.2) is 0 Å². The molecule has 0 fully saturated rings. The van der Waals surface area contributed by atoms with Gasteiger partial charge in [0.15, 0.2) is 0 Å². The molecular formula is C10H9BrO. The molecule has 1 aromatic heterocycles. The van der Waals surface area contributed by atoms with E-state index in [4.69, 9.17) is 4.42 Å². The molecule has 12 heavy (non-hydrogen) atoms. The monoisotopic (exact) mass is 224 g/mol. The van der Waals surface area contributed by atoms with Gasteiger partial charge in [0, 0.05) is 5.39 Å². The quantitative estimate of drug-likeness (QED) is 0.664. The molecule has 0 unspecified atom stereocenters. The van der Waals surface area contributed by atoms with Gasteiger partial charge in [-0.3, -0.25) is 0 Å². The molecule has 0 spiro atoms. The first kappa shape index (κ1) is 7.87. The third kappa shape index (κ3) is 1.16. The Morgan fingerprint density at radius 1 is 1.17 bits per heavy atom. The Morgan fingerprint density at radius 2 is 1.92 bits per heavy atom. The predicted octanol–water partition coefficient (Wildman–Crippen LogP) is 3.81. The van der Waals surface area contributed by atoms with Crippen molar-refractivity contribution in [1.82, 2.24) is 0 Å². The van der Waals surface area contributed by atoms with Crippen LogP contribution >= 0.6 is 15.9 Å². The summed E-state index contributed by atoms with van der Waals surface area (Å²) >= 11 is 3.47. The van der Waals surface area contributed by atoms with Gasteiger partial charge in [-0.15, -0.1) is 0 Å². The van der Waals surface area contributed by atoms with Crippen LogP contribution in [0, 0.1) is 13.8 Å². The van der Waals surface area contributed by atoms with Gasteiger partial charge < -0.3 is 4.42 Å². The van der Waals surface area contributed by atoms with Crippen molar-refractivity contribution >= 4 is 26.9 Å². The molecule has 0 aliphatic heterocycles. The maximum Gasteiger partial charge on any atom is 0.148 e. The molecule has 1 aromatic carbocycles. The van der Waals surface area contributed by atoms with Crippen molar-refractivity contribution < 1.29 is 4.42 Å². The summed E-state index contributed by atoms with van der Waals surface area (Å²) in [5.41, 5.74) is 2.19. The first-order chi connectivity index (χ1) is 5.66. The van der Waals surface area contributed by atoms with Crippen molar-refractivity contribution in [3.05, 3.63) is 34.0 Å². The summed E-state index contributed by atoms with van der Waals surface area (Å²) in [6.45, 7) is 4.04. The first-order valence-corrected chi connectivity index (χ1v) is 4.62. The molecule has 1 heterocycles. The van der Waals surface area contributed by atoms with Gasteiger partial charge in [0.25, 0.3) is 0 Å². The van der Waals surface area contributed by atoms with Gasteiger partial charge >= 0.3 is 0 Å². The number of benzene rings is 1. The Labute approximate surface area is 79.5 Å². The molecule has 0 bridgehead atoms. The van der Waals surface area contributed by atoms with E-state index in [9.17, 15) is 0 Å². The molecule has 0 radical (unpaired) electrons. The second-order valence-electron chi connectivity index (χ2n) is 3.02. The predicted molar refractivity (Wildman–Crippen MR) is 53.4 cm³/mol. The van der Waals surface area contributed by atoms with Crippen LogP contribution in [0.15, 0.2) is 27.1 Å². The summed E-state index contributed by atoms with van der Waals surface area (Å²) in [6.07, 6.45) is 0. The van der Waals surface area contributed by atoms with E-state index in [2.05, 4.69) is 35.0 Å². The van der Waals surface area contributed by atoms with E-state index in [-0.39, 0.29) is 0 Å². The molecule has 0 saturated carbocycles. The van der Waals surface area contributed by atoms with E-state index in [0.29, 0.717) is 0 Å². The molecule has 0 atom stereocenters. The third-order valence-electron chi connectivity index (χ3n) is 1.84. The minimum absolute atomic E-state index is 0.943. The van der Waals surface area contributed by atoms with Crippen molar-refractivity contribution in [2.24, 2.45) is 0 Å². The average Bonchev–Trinajstić information content (AvgIpc) is 2.29. The minimum Gasteiger partial charge on any atom is -0.460 e. The zero-order chi connectivity index (χ0) is 8.72. The van der Waals surface area contributed by atoms with Gasteiger partial charge in [0.2, 0.25) is 0 Å². The second kappa shape index (κ2) is 2.63. The van der Waals surface area contributed by atoms with Gasteiger partial charge in [-0.1, -0.05) is 0 Å². The van der Waals surface area contributed by atoms with Crippen LogP contribution in [0.3, 0.4) is 0 Å². The van der Waals surface area contributed by atoms with E-state index in [1.807, 2.05) is 13.0 Å². The fourth-order valence-electron chi connectivity index (χ4n) is 1.38. The van der Waals surface area contributed by atoms with E-state index >= 15 is 0 Å². The minimum atomic E-state index is 0.943. The largest absolute Gasteiger partial charge is 0.460 e. The molecule has 1 nitrogen and oxygen atoms in total. The first-order valence-electron chi connectivity index (χ1n) is 3.83. The SMILES string of the molecule is Cc1cc(Br)c2oc(C)cc2c1. The van der Waals surface area contributed by atoms with Crippen LogP contribution in [0.5, 0.6) is 0 Å². The zero-order valence-corrected chi connectivity index (χ0v) is 8.60. The van der Waals surface area contributed by atoms with Gasteiger partial charge in [-0.05, 0) is 53.5 Å². The highest BCUT2D eigenvalue weighted by Crippen LogP contribution is 2.28. The molecule has 0 amide bonds. The summed E-state index contributed by atoms with van der Waals surface area (Å²) < 4.78 is 6.54. The lowest BCUT2D eigenvalue weighted by Gasteiger charge is -1.94. The van der Waals surface area contributed by atoms with E-state index in [1.165, 1.54) is 10.9 Å². The molecular weight excluding hydrogens is 216 g/mol. The van der Waals surface area contributed by atoms with Crippen LogP contribution in [0.25, 0.3) is 11.0 Å². The summed E-state index contributed by atoms with van der Waals surface area (Å²) in [7, 11) is 0. The van der Waals surface area contributed by atoms with Gasteiger partial charge in [0.05, 0.1) is 4.47 Å². The Balaban J connectivity index is 2.88. The maximum atomic E-state index is 5.51. The fraction of sp³-hybridized carbons (Fsp3) is 0.200. The molecule has 0 aliphatic carbocycles. The highest BCUT2D eigenvalue weighted by molar-refractivity contribution is 9.10. The summed E-state index contributed by atoms with van der Waals surface area (Å²) in [5, 5.41) is 1.17. The lowest BCUT2D eigenvalue weighted by atomic mass is 10.2. The third-order valence-corrected chi connectivity index (χ3v) is 2.43. The number of hydrogen-bond acceptors (Lipinski definition) is 1. The van der Waals surface area contributed by atoms with Crippen molar-refractivity contribution in [2.75, 3.05) is 0 Å². The fourth-order valence-corrected chi connectivity index (χ4v) is 2.05. The highest BCUT2D eigenvalue weighted by atomic mass is 79.9. The zero-order valence-electron chi connectivity index (χ0n) is 7.02. The standard InChI is InChI=1S/C10H9BrO/c1-6-3-8-5-7(2)12-10(8)9(11)4-6/h3-5H,1-2H3. The topological polar surface area (TPSA) is 13.1 Å². The van der Waals surface area contributed by atoms with Crippen LogP contribution in [0.1, 0.15) is 11.3 Å². The van der Waals surface area contributed by atoms with Crippen LogP contribution in [-0.2, 0) is 0 Å². The summed E-state index contributed by atoms with van der Waals surface area (Å²) in [5.74, 6) is 0.955. The van der Waals surface area contributed by atoms with Gasteiger partial charge in [0.1, 0.15) is 11.3 Å². The van der Waals surface area contributed by atoms with Crippen LogP contribution in [0.2, 0.25) is 0 Å². The highest BCUT2D eigenvalue weighted by Gasteiger charge is 2.04. The van der Waals surface area contributed by atoms with Crippen molar-refractivity contribution in [2.45, 2.75) is 13.8 Å². The molecule has 2 heteroatoms. The summed E-state index contributed by atoms with van der Waals surface area (Å²) in [4.78, 5) is 0. The number of furan rings is 1. The van der Waals surface area contributed by atoms with E-state index in [0.717, 1.165) is 15.8 Å². The van der Waals surface area contributed by atoms with Crippen molar-refractivity contribution in [1.29, 1.82) is 0 Å². The Hall–Kier alpha value is -0.760.